The second-order valence-electron chi connectivity index (χ2n) is 6.20. The van der Waals surface area contributed by atoms with Crippen LogP contribution in [0.5, 0.6) is 0 Å². The third-order valence-corrected chi connectivity index (χ3v) is 9.80. The minimum atomic E-state index is -2.59. The summed E-state index contributed by atoms with van der Waals surface area (Å²) >= 11 is 0. The van der Waals surface area contributed by atoms with Crippen LogP contribution in [0.2, 0.25) is 0 Å². The fourth-order valence-electron chi connectivity index (χ4n) is 3.63. The van der Waals surface area contributed by atoms with E-state index < -0.39 is 13.1 Å². The van der Waals surface area contributed by atoms with Gasteiger partial charge >= 0.3 is 150 Å². The summed E-state index contributed by atoms with van der Waals surface area (Å²) in [4.78, 5) is 0. The molecule has 0 saturated heterocycles. The van der Waals surface area contributed by atoms with Gasteiger partial charge in [-0.3, -0.25) is 0 Å². The molecule has 0 heterocycles. The molecular formula is C22H25O2P. The molecule has 0 spiro atoms. The van der Waals surface area contributed by atoms with E-state index in [1.165, 1.54) is 15.9 Å². The molecule has 0 bridgehead atoms. The zero-order chi connectivity index (χ0) is 17.5. The van der Waals surface area contributed by atoms with E-state index >= 15 is 0 Å². The summed E-state index contributed by atoms with van der Waals surface area (Å²) in [5, 5.41) is 15.1. The van der Waals surface area contributed by atoms with E-state index in [0.717, 1.165) is 0 Å². The molecule has 2 nitrogen and oxygen atoms in total. The summed E-state index contributed by atoms with van der Waals surface area (Å²) in [5.41, 5.74) is 0. The van der Waals surface area contributed by atoms with E-state index in [-0.39, 0.29) is 0 Å². The molecule has 3 rings (SSSR count). The number of benzene rings is 3. The third-order valence-electron chi connectivity index (χ3n) is 4.78. The van der Waals surface area contributed by atoms with Crippen molar-refractivity contribution in [2.45, 2.75) is 12.3 Å². The zero-order valence-corrected chi connectivity index (χ0v) is 15.5. The van der Waals surface area contributed by atoms with Crippen molar-refractivity contribution >= 4 is 23.2 Å². The summed E-state index contributed by atoms with van der Waals surface area (Å²) in [6, 6.07) is 31.4. The quantitative estimate of drug-likeness (QED) is 0.662. The maximum atomic E-state index is 11.4. The molecule has 0 fully saturated rings. The molecule has 0 aliphatic rings. The van der Waals surface area contributed by atoms with Gasteiger partial charge in [-0.1, -0.05) is 0 Å². The number of methoxy groups -OCH3 is 1. The van der Waals surface area contributed by atoms with Gasteiger partial charge in [-0.15, -0.1) is 0 Å². The fraction of sp³-hybridized carbons (Fsp3) is 0.182. The van der Waals surface area contributed by atoms with E-state index in [1.807, 2.05) is 18.2 Å². The fourth-order valence-corrected chi connectivity index (χ4v) is 8.49. The Kier molecular flexibility index (Phi) is 5.99. The SMILES string of the molecule is COCCC(O)[PH](c1ccccc1)(c1ccccc1)c1ccccc1. The molecule has 25 heavy (non-hydrogen) atoms. The molecule has 3 aromatic rings. The van der Waals surface area contributed by atoms with E-state index in [0.29, 0.717) is 13.0 Å². The average Bonchev–Trinajstić information content (AvgIpc) is 2.69. The molecule has 0 amide bonds. The van der Waals surface area contributed by atoms with Crippen molar-refractivity contribution in [1.82, 2.24) is 0 Å². The monoisotopic (exact) mass is 352 g/mol. The Morgan fingerprint density at radius 2 is 1.08 bits per heavy atom. The minimum absolute atomic E-state index is 0.473. The van der Waals surface area contributed by atoms with E-state index in [9.17, 15) is 5.11 Å². The molecular weight excluding hydrogens is 327 g/mol. The summed E-state index contributed by atoms with van der Waals surface area (Å²) in [5.74, 6) is -0.473. The molecule has 0 aromatic heterocycles. The summed E-state index contributed by atoms with van der Waals surface area (Å²) < 4.78 is 5.28. The predicted molar refractivity (Wildman–Crippen MR) is 109 cm³/mol. The first kappa shape index (κ1) is 17.8. The van der Waals surface area contributed by atoms with Gasteiger partial charge in [-0.05, 0) is 0 Å². The normalized spacial score (nSPS) is 13.4. The van der Waals surface area contributed by atoms with Crippen LogP contribution in [0.1, 0.15) is 6.42 Å². The Bertz CT molecular complexity index is 663. The summed E-state index contributed by atoms with van der Waals surface area (Å²) in [6.45, 7) is 0.544. The van der Waals surface area contributed by atoms with E-state index in [1.54, 1.807) is 7.11 Å². The van der Waals surface area contributed by atoms with Gasteiger partial charge in [0.1, 0.15) is 0 Å². The average molecular weight is 352 g/mol. The van der Waals surface area contributed by atoms with Crippen molar-refractivity contribution in [2.75, 3.05) is 13.7 Å². The summed E-state index contributed by atoms with van der Waals surface area (Å²) in [7, 11) is -0.905. The van der Waals surface area contributed by atoms with E-state index in [4.69, 9.17) is 4.74 Å². The van der Waals surface area contributed by atoms with Crippen molar-refractivity contribution in [3.05, 3.63) is 91.0 Å². The third kappa shape index (κ3) is 3.52. The van der Waals surface area contributed by atoms with Gasteiger partial charge in [-0.25, -0.2) is 0 Å². The first-order valence-electron chi connectivity index (χ1n) is 8.63. The van der Waals surface area contributed by atoms with Crippen LogP contribution in [0.15, 0.2) is 91.0 Å². The van der Waals surface area contributed by atoms with Crippen molar-refractivity contribution in [3.8, 4) is 0 Å². The van der Waals surface area contributed by atoms with Crippen LogP contribution in [0.4, 0.5) is 0 Å². The topological polar surface area (TPSA) is 29.5 Å². The van der Waals surface area contributed by atoms with Crippen LogP contribution < -0.4 is 15.9 Å². The van der Waals surface area contributed by atoms with Gasteiger partial charge < -0.3 is 0 Å². The number of rotatable bonds is 7. The molecule has 0 aliphatic carbocycles. The second kappa shape index (κ2) is 8.40. The molecule has 3 heteroatoms. The number of hydrogen-bond donors (Lipinski definition) is 1. The molecule has 3 aromatic carbocycles. The van der Waals surface area contributed by atoms with Gasteiger partial charge in [0.25, 0.3) is 0 Å². The van der Waals surface area contributed by atoms with Crippen LogP contribution in [-0.4, -0.2) is 24.7 Å². The molecule has 0 aliphatic heterocycles. The molecule has 130 valence electrons. The Morgan fingerprint density at radius 3 is 1.40 bits per heavy atom. The molecule has 0 radical (unpaired) electrons. The number of ether oxygens (including phenoxy) is 1. The predicted octanol–water partition coefficient (Wildman–Crippen LogP) is 3.07. The maximum absolute atomic E-state index is 11.4. The van der Waals surface area contributed by atoms with Gasteiger partial charge in [0.05, 0.1) is 0 Å². The van der Waals surface area contributed by atoms with Crippen molar-refractivity contribution in [1.29, 1.82) is 0 Å². The molecule has 1 atom stereocenters. The summed E-state index contributed by atoms with van der Waals surface area (Å²) in [6.07, 6.45) is 0.613. The van der Waals surface area contributed by atoms with Crippen LogP contribution in [-0.2, 0) is 4.74 Å². The van der Waals surface area contributed by atoms with Crippen molar-refractivity contribution < 1.29 is 9.84 Å². The van der Waals surface area contributed by atoms with Gasteiger partial charge in [0.2, 0.25) is 0 Å². The number of hydrogen-bond acceptors (Lipinski definition) is 2. The van der Waals surface area contributed by atoms with Crippen LogP contribution in [0.25, 0.3) is 0 Å². The number of aliphatic hydroxyl groups is 1. The van der Waals surface area contributed by atoms with Gasteiger partial charge in [0, 0.05) is 0 Å². The standard InChI is InChI=1S/C22H25O2P/c1-24-18-17-22(23)25(19-11-5-2-6-12-19,20-13-7-3-8-14-20)21-15-9-4-10-16-21/h2-16,22-23,25H,17-18H2,1H3. The van der Waals surface area contributed by atoms with Gasteiger partial charge in [0.15, 0.2) is 0 Å². The van der Waals surface area contributed by atoms with Gasteiger partial charge in [-0.2, -0.15) is 0 Å². The van der Waals surface area contributed by atoms with Crippen LogP contribution in [0.3, 0.4) is 0 Å². The zero-order valence-electron chi connectivity index (χ0n) is 14.5. The van der Waals surface area contributed by atoms with Crippen molar-refractivity contribution in [2.24, 2.45) is 0 Å². The molecule has 1 N–H and O–H groups in total. The second-order valence-corrected chi connectivity index (χ2v) is 10.2. The first-order chi connectivity index (χ1) is 12.3. The van der Waals surface area contributed by atoms with Crippen LogP contribution >= 0.6 is 7.26 Å². The van der Waals surface area contributed by atoms with E-state index in [2.05, 4.69) is 72.8 Å². The van der Waals surface area contributed by atoms with Crippen LogP contribution in [0, 0.1) is 0 Å². The molecule has 1 unspecified atom stereocenters. The first-order valence-corrected chi connectivity index (χ1v) is 10.7. The Morgan fingerprint density at radius 1 is 0.720 bits per heavy atom. The Labute approximate surface area is 150 Å². The molecule has 0 saturated carbocycles. The number of aliphatic hydroxyl groups excluding tert-OH is 1. The van der Waals surface area contributed by atoms with Crippen molar-refractivity contribution in [3.63, 3.8) is 0 Å². The Balaban J connectivity index is 2.28. The Hall–Kier alpha value is -1.99.